The van der Waals surface area contributed by atoms with E-state index in [0.717, 1.165) is 27.8 Å². The zero-order chi connectivity index (χ0) is 15.5. The van der Waals surface area contributed by atoms with Crippen molar-refractivity contribution in [1.29, 1.82) is 0 Å². The van der Waals surface area contributed by atoms with E-state index in [1.54, 1.807) is 0 Å². The van der Waals surface area contributed by atoms with Crippen molar-refractivity contribution in [2.45, 2.75) is 19.9 Å². The summed E-state index contributed by atoms with van der Waals surface area (Å²) in [6, 6.07) is 13.9. The second kappa shape index (κ2) is 6.69. The SMILES string of the molecule is CCOc1ccc2c(c1)CN(C(=O)c1ccc(I)cc1)CC2. The summed E-state index contributed by atoms with van der Waals surface area (Å²) >= 11 is 2.25. The van der Waals surface area contributed by atoms with E-state index >= 15 is 0 Å². The molecule has 0 saturated heterocycles. The summed E-state index contributed by atoms with van der Waals surface area (Å²) in [4.78, 5) is 14.5. The van der Waals surface area contributed by atoms with Crippen LogP contribution in [0.15, 0.2) is 42.5 Å². The van der Waals surface area contributed by atoms with Gasteiger partial charge in [0.05, 0.1) is 6.61 Å². The number of hydrogen-bond donors (Lipinski definition) is 0. The van der Waals surface area contributed by atoms with Crippen LogP contribution in [0, 0.1) is 3.57 Å². The second-order valence-corrected chi connectivity index (χ2v) is 6.59. The Bertz CT molecular complexity index is 682. The van der Waals surface area contributed by atoms with E-state index in [0.29, 0.717) is 13.2 Å². The first-order valence-electron chi connectivity index (χ1n) is 7.47. The molecule has 0 aromatic heterocycles. The first kappa shape index (κ1) is 15.3. The van der Waals surface area contributed by atoms with Gasteiger partial charge in [0.15, 0.2) is 0 Å². The molecule has 3 rings (SSSR count). The highest BCUT2D eigenvalue weighted by molar-refractivity contribution is 14.1. The minimum absolute atomic E-state index is 0.101. The van der Waals surface area contributed by atoms with Crippen LogP contribution < -0.4 is 4.74 Å². The van der Waals surface area contributed by atoms with Crippen LogP contribution in [0.2, 0.25) is 0 Å². The standard InChI is InChI=1S/C18H18INO2/c1-2-22-17-8-5-13-9-10-20(12-15(13)11-17)18(21)14-3-6-16(19)7-4-14/h3-8,11H,2,9-10,12H2,1H3. The molecule has 1 heterocycles. The number of hydrogen-bond acceptors (Lipinski definition) is 2. The molecule has 2 aromatic carbocycles. The van der Waals surface area contributed by atoms with Crippen molar-refractivity contribution < 1.29 is 9.53 Å². The highest BCUT2D eigenvalue weighted by Crippen LogP contribution is 2.25. The molecule has 0 aliphatic carbocycles. The van der Waals surface area contributed by atoms with E-state index in [1.165, 1.54) is 11.1 Å². The monoisotopic (exact) mass is 407 g/mol. The van der Waals surface area contributed by atoms with Crippen LogP contribution in [0.25, 0.3) is 0 Å². The van der Waals surface area contributed by atoms with Gasteiger partial charge in [-0.3, -0.25) is 4.79 Å². The van der Waals surface area contributed by atoms with Crippen LogP contribution in [-0.4, -0.2) is 24.0 Å². The molecule has 0 saturated carbocycles. The fourth-order valence-corrected chi connectivity index (χ4v) is 3.10. The molecule has 0 spiro atoms. The van der Waals surface area contributed by atoms with E-state index in [-0.39, 0.29) is 5.91 Å². The minimum atomic E-state index is 0.101. The third kappa shape index (κ3) is 3.27. The molecule has 0 radical (unpaired) electrons. The third-order valence-corrected chi connectivity index (χ3v) is 4.60. The van der Waals surface area contributed by atoms with Crippen LogP contribution in [0.1, 0.15) is 28.4 Å². The molecule has 0 bridgehead atoms. The van der Waals surface area contributed by atoms with Gasteiger partial charge in [-0.2, -0.15) is 0 Å². The van der Waals surface area contributed by atoms with Gasteiger partial charge < -0.3 is 9.64 Å². The highest BCUT2D eigenvalue weighted by Gasteiger charge is 2.22. The number of carbonyl (C=O) groups is 1. The number of rotatable bonds is 3. The molecule has 114 valence electrons. The second-order valence-electron chi connectivity index (χ2n) is 5.35. The number of amides is 1. The molecule has 4 heteroatoms. The van der Waals surface area contributed by atoms with E-state index in [1.807, 2.05) is 42.2 Å². The van der Waals surface area contributed by atoms with Gasteiger partial charge in [0.25, 0.3) is 5.91 Å². The average molecular weight is 407 g/mol. The van der Waals surface area contributed by atoms with E-state index in [2.05, 4.69) is 34.7 Å². The van der Waals surface area contributed by atoms with Crippen LogP contribution >= 0.6 is 22.6 Å². The highest BCUT2D eigenvalue weighted by atomic mass is 127. The van der Waals surface area contributed by atoms with Crippen molar-refractivity contribution in [3.8, 4) is 5.75 Å². The normalized spacial score (nSPS) is 13.6. The molecular formula is C18H18INO2. The quantitative estimate of drug-likeness (QED) is 0.723. The Morgan fingerprint density at radius 1 is 1.18 bits per heavy atom. The Morgan fingerprint density at radius 2 is 1.95 bits per heavy atom. The van der Waals surface area contributed by atoms with E-state index in [4.69, 9.17) is 4.74 Å². The van der Waals surface area contributed by atoms with Gasteiger partial charge in [-0.25, -0.2) is 0 Å². The van der Waals surface area contributed by atoms with Gasteiger partial charge in [0.2, 0.25) is 0 Å². The topological polar surface area (TPSA) is 29.5 Å². The Balaban J connectivity index is 1.79. The third-order valence-electron chi connectivity index (χ3n) is 3.88. The van der Waals surface area contributed by atoms with Crippen molar-refractivity contribution in [3.63, 3.8) is 0 Å². The van der Waals surface area contributed by atoms with Crippen LogP contribution in [0.5, 0.6) is 5.75 Å². The lowest BCUT2D eigenvalue weighted by Crippen LogP contribution is -2.35. The number of fused-ring (bicyclic) bond motifs is 1. The largest absolute Gasteiger partial charge is 0.494 e. The summed E-state index contributed by atoms with van der Waals surface area (Å²) in [6.07, 6.45) is 0.901. The lowest BCUT2D eigenvalue weighted by molar-refractivity contribution is 0.0734. The average Bonchev–Trinajstić information content (AvgIpc) is 2.54. The van der Waals surface area contributed by atoms with Gasteiger partial charge in [-0.05, 0) is 83.5 Å². The van der Waals surface area contributed by atoms with Crippen molar-refractivity contribution in [2.24, 2.45) is 0 Å². The number of benzene rings is 2. The number of ether oxygens (including phenoxy) is 1. The molecule has 2 aromatic rings. The maximum atomic E-state index is 12.6. The molecule has 1 aliphatic rings. The predicted molar refractivity (Wildman–Crippen MR) is 95.2 cm³/mol. The van der Waals surface area contributed by atoms with Crippen molar-refractivity contribution >= 4 is 28.5 Å². The number of nitrogens with zero attached hydrogens (tertiary/aromatic N) is 1. The number of halogens is 1. The first-order chi connectivity index (χ1) is 10.7. The van der Waals surface area contributed by atoms with Gasteiger partial charge in [0.1, 0.15) is 5.75 Å². The molecule has 22 heavy (non-hydrogen) atoms. The first-order valence-corrected chi connectivity index (χ1v) is 8.54. The van der Waals surface area contributed by atoms with Gasteiger partial charge >= 0.3 is 0 Å². The smallest absolute Gasteiger partial charge is 0.254 e. The summed E-state index contributed by atoms with van der Waals surface area (Å²) in [5, 5.41) is 0. The summed E-state index contributed by atoms with van der Waals surface area (Å²) < 4.78 is 6.70. The molecule has 1 amide bonds. The molecule has 0 N–H and O–H groups in total. The Hall–Kier alpha value is -1.56. The van der Waals surface area contributed by atoms with Gasteiger partial charge in [-0.15, -0.1) is 0 Å². The van der Waals surface area contributed by atoms with E-state index in [9.17, 15) is 4.79 Å². The maximum absolute atomic E-state index is 12.6. The number of carbonyl (C=O) groups excluding carboxylic acids is 1. The van der Waals surface area contributed by atoms with Crippen molar-refractivity contribution in [1.82, 2.24) is 4.90 Å². The van der Waals surface area contributed by atoms with Crippen LogP contribution in [0.4, 0.5) is 0 Å². The summed E-state index contributed by atoms with van der Waals surface area (Å²) in [5.74, 6) is 0.980. The lowest BCUT2D eigenvalue weighted by Gasteiger charge is -2.29. The molecule has 3 nitrogen and oxygen atoms in total. The van der Waals surface area contributed by atoms with Gasteiger partial charge in [-0.1, -0.05) is 6.07 Å². The van der Waals surface area contributed by atoms with Gasteiger partial charge in [0, 0.05) is 22.2 Å². The summed E-state index contributed by atoms with van der Waals surface area (Å²) in [7, 11) is 0. The van der Waals surface area contributed by atoms with Crippen LogP contribution in [0.3, 0.4) is 0 Å². The van der Waals surface area contributed by atoms with E-state index < -0.39 is 0 Å². The van der Waals surface area contributed by atoms with Crippen LogP contribution in [-0.2, 0) is 13.0 Å². The minimum Gasteiger partial charge on any atom is -0.494 e. The summed E-state index contributed by atoms with van der Waals surface area (Å²) in [5.41, 5.74) is 3.26. The Kier molecular flexibility index (Phi) is 4.66. The maximum Gasteiger partial charge on any atom is 0.254 e. The molecular weight excluding hydrogens is 389 g/mol. The van der Waals surface area contributed by atoms with Crippen molar-refractivity contribution in [3.05, 3.63) is 62.7 Å². The fourth-order valence-electron chi connectivity index (χ4n) is 2.74. The predicted octanol–water partition coefficient (Wildman–Crippen LogP) is 3.89. The Labute approximate surface area is 144 Å². The molecule has 0 fully saturated rings. The zero-order valence-electron chi connectivity index (χ0n) is 12.5. The molecule has 0 atom stereocenters. The summed E-state index contributed by atoms with van der Waals surface area (Å²) in [6.45, 7) is 4.06. The molecule has 1 aliphatic heterocycles. The van der Waals surface area contributed by atoms with Crippen molar-refractivity contribution in [2.75, 3.05) is 13.2 Å². The Morgan fingerprint density at radius 3 is 2.68 bits per heavy atom. The lowest BCUT2D eigenvalue weighted by atomic mass is 9.99. The zero-order valence-corrected chi connectivity index (χ0v) is 14.7. The molecule has 0 unspecified atom stereocenters. The fraction of sp³-hybridized carbons (Fsp3) is 0.278.